The lowest BCUT2D eigenvalue weighted by Gasteiger charge is -2.16. The minimum atomic E-state index is -4.95. The van der Waals surface area contributed by atoms with Gasteiger partial charge in [-0.25, -0.2) is 0 Å². The van der Waals surface area contributed by atoms with Crippen LogP contribution in [0.3, 0.4) is 0 Å². The summed E-state index contributed by atoms with van der Waals surface area (Å²) in [5.41, 5.74) is 4.57. The predicted octanol–water partition coefficient (Wildman–Crippen LogP) is -0.508. The molecule has 0 aliphatic rings. The molecule has 0 spiro atoms. The molecule has 4 nitrogen and oxygen atoms in total. The third-order valence-corrected chi connectivity index (χ3v) is 0.982. The molecule has 2 N–H and O–H groups in total. The maximum atomic E-state index is 11.6. The molecule has 0 heterocycles. The van der Waals surface area contributed by atoms with E-state index in [9.17, 15) is 22.8 Å². The number of hydrogen-bond acceptors (Lipinski definition) is 2. The number of halogens is 3. The van der Waals surface area contributed by atoms with Crippen molar-refractivity contribution in [2.24, 2.45) is 5.73 Å². The smallest absolute Gasteiger partial charge is 0.368 e. The molecule has 70 valence electrons. The van der Waals surface area contributed by atoms with Crippen LogP contribution in [0.25, 0.3) is 0 Å². The first-order valence-electron chi connectivity index (χ1n) is 2.85. The van der Waals surface area contributed by atoms with E-state index in [2.05, 4.69) is 5.73 Å². The largest absolute Gasteiger partial charge is 0.471 e. The third kappa shape index (κ3) is 3.22. The standard InChI is InChI=1S/C5H7F3N2O2/c1-10(2-3(9)11)4(12)5(6,7)8/h2H2,1H3,(H2,9,11). The number of primary amides is 1. The Balaban J connectivity index is 4.21. The van der Waals surface area contributed by atoms with Crippen molar-refractivity contribution in [2.45, 2.75) is 6.18 Å². The number of hydrogen-bond donors (Lipinski definition) is 1. The van der Waals surface area contributed by atoms with Gasteiger partial charge in [-0.05, 0) is 0 Å². The Hall–Kier alpha value is -1.27. The Morgan fingerprint density at radius 3 is 2.08 bits per heavy atom. The second-order valence-electron chi connectivity index (χ2n) is 2.13. The van der Waals surface area contributed by atoms with Crippen LogP contribution in [-0.2, 0) is 9.59 Å². The number of carbonyl (C=O) groups is 2. The van der Waals surface area contributed by atoms with Gasteiger partial charge >= 0.3 is 12.1 Å². The Morgan fingerprint density at radius 2 is 1.83 bits per heavy atom. The van der Waals surface area contributed by atoms with Crippen LogP contribution in [0.4, 0.5) is 13.2 Å². The molecule has 0 unspecified atom stereocenters. The lowest BCUT2D eigenvalue weighted by molar-refractivity contribution is -0.184. The van der Waals surface area contributed by atoms with Crippen molar-refractivity contribution in [3.8, 4) is 0 Å². The maximum absolute atomic E-state index is 11.6. The summed E-state index contributed by atoms with van der Waals surface area (Å²) >= 11 is 0. The molecule has 0 aliphatic carbocycles. The molecule has 0 bridgehead atoms. The van der Waals surface area contributed by atoms with E-state index in [4.69, 9.17) is 0 Å². The topological polar surface area (TPSA) is 63.4 Å². The minimum Gasteiger partial charge on any atom is -0.368 e. The van der Waals surface area contributed by atoms with Crippen molar-refractivity contribution in [1.82, 2.24) is 4.90 Å². The summed E-state index contributed by atoms with van der Waals surface area (Å²) < 4.78 is 34.8. The molecular formula is C5H7F3N2O2. The molecule has 0 rings (SSSR count). The summed E-state index contributed by atoms with van der Waals surface area (Å²) in [5.74, 6) is -3.07. The van der Waals surface area contributed by atoms with Gasteiger partial charge in [-0.2, -0.15) is 13.2 Å². The van der Waals surface area contributed by atoms with Crippen molar-refractivity contribution >= 4 is 11.8 Å². The van der Waals surface area contributed by atoms with Crippen LogP contribution >= 0.6 is 0 Å². The monoisotopic (exact) mass is 184 g/mol. The third-order valence-electron chi connectivity index (χ3n) is 0.982. The minimum absolute atomic E-state index is 0.211. The fourth-order valence-corrected chi connectivity index (χ4v) is 0.522. The Bertz CT molecular complexity index is 201. The Kier molecular flexibility index (Phi) is 3.06. The summed E-state index contributed by atoms with van der Waals surface area (Å²) in [6, 6.07) is 0. The molecule has 0 aromatic carbocycles. The van der Waals surface area contributed by atoms with Gasteiger partial charge in [0.2, 0.25) is 5.91 Å². The SMILES string of the molecule is CN(CC(N)=O)C(=O)C(F)(F)F. The number of alkyl halides is 3. The second-order valence-corrected chi connectivity index (χ2v) is 2.13. The zero-order valence-corrected chi connectivity index (χ0v) is 6.18. The van der Waals surface area contributed by atoms with Gasteiger partial charge in [-0.3, -0.25) is 9.59 Å². The number of nitrogens with two attached hydrogens (primary N) is 1. The van der Waals surface area contributed by atoms with Crippen LogP contribution in [0.2, 0.25) is 0 Å². The normalized spacial score (nSPS) is 11.0. The Morgan fingerprint density at radius 1 is 1.42 bits per heavy atom. The average molecular weight is 184 g/mol. The summed E-state index contributed by atoms with van der Waals surface area (Å²) in [4.78, 5) is 20.6. The van der Waals surface area contributed by atoms with Crippen molar-refractivity contribution in [2.75, 3.05) is 13.6 Å². The summed E-state index contributed by atoms with van der Waals surface area (Å²) in [5, 5.41) is 0. The lowest BCUT2D eigenvalue weighted by atomic mass is 10.4. The van der Waals surface area contributed by atoms with Crippen LogP contribution in [0.5, 0.6) is 0 Å². The molecule has 12 heavy (non-hydrogen) atoms. The van der Waals surface area contributed by atoms with Gasteiger partial charge in [0, 0.05) is 7.05 Å². The molecule has 0 aliphatic heterocycles. The average Bonchev–Trinajstić information content (AvgIpc) is 1.82. The number of amides is 2. The number of nitrogens with zero attached hydrogens (tertiary/aromatic N) is 1. The highest BCUT2D eigenvalue weighted by Crippen LogP contribution is 2.16. The molecule has 0 radical (unpaired) electrons. The van der Waals surface area contributed by atoms with Gasteiger partial charge in [0.05, 0.1) is 6.54 Å². The highest BCUT2D eigenvalue weighted by Gasteiger charge is 2.41. The maximum Gasteiger partial charge on any atom is 0.471 e. The number of likely N-dealkylation sites (N-methyl/N-ethyl adjacent to an activating group) is 1. The van der Waals surface area contributed by atoms with Gasteiger partial charge in [0.25, 0.3) is 0 Å². The van der Waals surface area contributed by atoms with Crippen LogP contribution in [0.15, 0.2) is 0 Å². The lowest BCUT2D eigenvalue weighted by Crippen LogP contribution is -2.42. The van der Waals surface area contributed by atoms with Crippen LogP contribution in [-0.4, -0.2) is 36.5 Å². The quantitative estimate of drug-likeness (QED) is 0.628. The number of rotatable bonds is 2. The Labute approximate surface area is 66.1 Å². The second kappa shape index (κ2) is 3.42. The van der Waals surface area contributed by atoms with Crippen LogP contribution in [0, 0.1) is 0 Å². The van der Waals surface area contributed by atoms with Gasteiger partial charge in [0.15, 0.2) is 0 Å². The van der Waals surface area contributed by atoms with Crippen molar-refractivity contribution in [1.29, 1.82) is 0 Å². The molecule has 0 saturated carbocycles. The van der Waals surface area contributed by atoms with Crippen LogP contribution in [0.1, 0.15) is 0 Å². The fourth-order valence-electron chi connectivity index (χ4n) is 0.522. The highest BCUT2D eigenvalue weighted by atomic mass is 19.4. The molecule has 0 aromatic rings. The first kappa shape index (κ1) is 10.7. The van der Waals surface area contributed by atoms with E-state index >= 15 is 0 Å². The molecule has 0 saturated heterocycles. The van der Waals surface area contributed by atoms with E-state index in [1.807, 2.05) is 0 Å². The van der Waals surface area contributed by atoms with Gasteiger partial charge in [-0.15, -0.1) is 0 Å². The first-order chi connectivity index (χ1) is 5.25. The highest BCUT2D eigenvalue weighted by molar-refractivity contribution is 5.86. The predicted molar refractivity (Wildman–Crippen MR) is 32.9 cm³/mol. The summed E-state index contributed by atoms with van der Waals surface area (Å²) in [7, 11) is 0.848. The molecule has 0 aromatic heterocycles. The molecule has 0 atom stereocenters. The fraction of sp³-hybridized carbons (Fsp3) is 0.600. The number of carbonyl (C=O) groups excluding carboxylic acids is 2. The van der Waals surface area contributed by atoms with Crippen molar-refractivity contribution < 1.29 is 22.8 Å². The van der Waals surface area contributed by atoms with E-state index in [1.165, 1.54) is 0 Å². The van der Waals surface area contributed by atoms with E-state index in [0.29, 0.717) is 0 Å². The van der Waals surface area contributed by atoms with Gasteiger partial charge < -0.3 is 10.6 Å². The van der Waals surface area contributed by atoms with Crippen LogP contribution < -0.4 is 5.73 Å². The molecular weight excluding hydrogens is 177 g/mol. The van der Waals surface area contributed by atoms with Gasteiger partial charge in [-0.1, -0.05) is 0 Å². The molecule has 2 amide bonds. The molecule has 0 fully saturated rings. The van der Waals surface area contributed by atoms with E-state index in [-0.39, 0.29) is 4.90 Å². The van der Waals surface area contributed by atoms with E-state index < -0.39 is 24.5 Å². The summed E-state index contributed by atoms with van der Waals surface area (Å²) in [6.07, 6.45) is -4.95. The zero-order chi connectivity index (χ0) is 9.94. The molecule has 7 heteroatoms. The zero-order valence-electron chi connectivity index (χ0n) is 6.18. The first-order valence-corrected chi connectivity index (χ1v) is 2.85. The van der Waals surface area contributed by atoms with Gasteiger partial charge in [0.1, 0.15) is 0 Å². The van der Waals surface area contributed by atoms with E-state index in [1.54, 1.807) is 0 Å². The van der Waals surface area contributed by atoms with Crippen molar-refractivity contribution in [3.63, 3.8) is 0 Å². The van der Waals surface area contributed by atoms with Crippen molar-refractivity contribution in [3.05, 3.63) is 0 Å². The van der Waals surface area contributed by atoms with E-state index in [0.717, 1.165) is 7.05 Å². The summed E-state index contributed by atoms with van der Waals surface area (Å²) in [6.45, 7) is -0.738.